The predicted octanol–water partition coefficient (Wildman–Crippen LogP) is 1.11. The van der Waals surface area contributed by atoms with E-state index in [4.69, 9.17) is 11.6 Å². The zero-order valence-electron chi connectivity index (χ0n) is 10.3. The van der Waals surface area contributed by atoms with Gasteiger partial charge in [-0.25, -0.2) is 0 Å². The second kappa shape index (κ2) is 5.57. The lowest BCUT2D eigenvalue weighted by Crippen LogP contribution is -2.31. The van der Waals surface area contributed by atoms with Crippen molar-refractivity contribution in [2.75, 3.05) is 5.73 Å². The fourth-order valence-corrected chi connectivity index (χ4v) is 1.93. The molecule has 1 unspecified atom stereocenters. The molecule has 5 nitrogen and oxygen atoms in total. The fourth-order valence-electron chi connectivity index (χ4n) is 1.93. The summed E-state index contributed by atoms with van der Waals surface area (Å²) in [6, 6.07) is 5.64. The van der Waals surface area contributed by atoms with Crippen LogP contribution in [0, 0.1) is 6.92 Å². The van der Waals surface area contributed by atoms with Crippen LogP contribution < -0.4 is 17.0 Å². The number of nitrogens with two attached hydrogens (primary N) is 2. The van der Waals surface area contributed by atoms with E-state index in [1.807, 2.05) is 19.1 Å². The van der Waals surface area contributed by atoms with E-state index in [0.717, 1.165) is 22.5 Å². The molecule has 94 valence electrons. The van der Waals surface area contributed by atoms with Gasteiger partial charge in [-0.15, -0.1) is 0 Å². The summed E-state index contributed by atoms with van der Waals surface area (Å²) in [5.41, 5.74) is 12.4. The van der Waals surface area contributed by atoms with Crippen LogP contribution in [-0.4, -0.2) is 9.97 Å². The quantitative estimate of drug-likeness (QED) is 0.553. The first-order chi connectivity index (χ1) is 8.72. The Hall–Kier alpha value is -1.98. The van der Waals surface area contributed by atoms with Crippen LogP contribution in [0.15, 0.2) is 36.8 Å². The summed E-state index contributed by atoms with van der Waals surface area (Å²) in [7, 11) is 0. The molecule has 2 rings (SSSR count). The van der Waals surface area contributed by atoms with Crippen LogP contribution in [0.5, 0.6) is 0 Å². The maximum absolute atomic E-state index is 5.91. The van der Waals surface area contributed by atoms with Crippen molar-refractivity contribution in [1.82, 2.24) is 15.4 Å². The highest BCUT2D eigenvalue weighted by Gasteiger charge is 2.15. The number of pyridine rings is 2. The average molecular weight is 243 g/mol. The second-order valence-corrected chi connectivity index (χ2v) is 4.20. The number of hydrazine groups is 1. The van der Waals surface area contributed by atoms with Gasteiger partial charge in [0.25, 0.3) is 0 Å². The molecule has 0 aromatic carbocycles. The standard InChI is InChI=1S/C13H17N5/c1-9-3-2-5-17-13(9)12(18-15)7-10-8-16-6-4-11(10)14/h2-6,8,12,18H,7,15H2,1H3,(H2,14,16). The van der Waals surface area contributed by atoms with Gasteiger partial charge in [0, 0.05) is 24.3 Å². The maximum Gasteiger partial charge on any atom is 0.0676 e. The molecule has 0 aliphatic carbocycles. The molecule has 0 bridgehead atoms. The van der Waals surface area contributed by atoms with Gasteiger partial charge >= 0.3 is 0 Å². The lowest BCUT2D eigenvalue weighted by molar-refractivity contribution is 0.535. The van der Waals surface area contributed by atoms with Crippen molar-refractivity contribution in [2.24, 2.45) is 5.84 Å². The lowest BCUT2D eigenvalue weighted by Gasteiger charge is -2.18. The first kappa shape index (κ1) is 12.5. The van der Waals surface area contributed by atoms with Crippen molar-refractivity contribution in [3.05, 3.63) is 53.6 Å². The van der Waals surface area contributed by atoms with Crippen molar-refractivity contribution in [3.63, 3.8) is 0 Å². The normalized spacial score (nSPS) is 12.3. The molecular formula is C13H17N5. The molecule has 5 N–H and O–H groups in total. The molecule has 2 aromatic heterocycles. The molecule has 0 amide bonds. The van der Waals surface area contributed by atoms with Gasteiger partial charge in [-0.1, -0.05) is 6.07 Å². The van der Waals surface area contributed by atoms with Crippen LogP contribution in [0.4, 0.5) is 5.69 Å². The minimum absolute atomic E-state index is 0.0716. The smallest absolute Gasteiger partial charge is 0.0676 e. The maximum atomic E-state index is 5.91. The number of hydrogen-bond donors (Lipinski definition) is 3. The van der Waals surface area contributed by atoms with Gasteiger partial charge in [-0.05, 0) is 36.6 Å². The molecule has 0 saturated carbocycles. The SMILES string of the molecule is Cc1cccnc1C(Cc1cnccc1N)NN. The number of nitrogens with zero attached hydrogens (tertiary/aromatic N) is 2. The van der Waals surface area contributed by atoms with Crippen LogP contribution in [0.1, 0.15) is 22.9 Å². The van der Waals surface area contributed by atoms with E-state index in [-0.39, 0.29) is 6.04 Å². The summed E-state index contributed by atoms with van der Waals surface area (Å²) in [6.07, 6.45) is 5.86. The predicted molar refractivity (Wildman–Crippen MR) is 71.4 cm³/mol. The van der Waals surface area contributed by atoms with Crippen LogP contribution in [0.25, 0.3) is 0 Å². The number of hydrogen-bond acceptors (Lipinski definition) is 5. The Morgan fingerprint density at radius 1 is 1.33 bits per heavy atom. The number of rotatable bonds is 4. The molecule has 18 heavy (non-hydrogen) atoms. The van der Waals surface area contributed by atoms with Crippen molar-refractivity contribution in [2.45, 2.75) is 19.4 Å². The monoisotopic (exact) mass is 243 g/mol. The Balaban J connectivity index is 2.26. The van der Waals surface area contributed by atoms with Gasteiger partial charge in [0.2, 0.25) is 0 Å². The van der Waals surface area contributed by atoms with Crippen molar-refractivity contribution in [1.29, 1.82) is 0 Å². The van der Waals surface area contributed by atoms with Gasteiger partial charge < -0.3 is 5.73 Å². The number of anilines is 1. The minimum Gasteiger partial charge on any atom is -0.398 e. The van der Waals surface area contributed by atoms with Gasteiger partial charge in [0.1, 0.15) is 0 Å². The summed E-state index contributed by atoms with van der Waals surface area (Å²) in [6.45, 7) is 2.01. The molecule has 2 aromatic rings. The molecule has 0 saturated heterocycles. The largest absolute Gasteiger partial charge is 0.398 e. The number of nitrogens with one attached hydrogen (secondary N) is 1. The summed E-state index contributed by atoms with van der Waals surface area (Å²) in [5.74, 6) is 5.62. The van der Waals surface area contributed by atoms with Crippen LogP contribution in [-0.2, 0) is 6.42 Å². The molecule has 0 fully saturated rings. The Morgan fingerprint density at radius 3 is 2.83 bits per heavy atom. The van der Waals surface area contributed by atoms with Crippen LogP contribution in [0.3, 0.4) is 0 Å². The molecule has 0 spiro atoms. The van der Waals surface area contributed by atoms with Crippen molar-refractivity contribution >= 4 is 5.69 Å². The van der Waals surface area contributed by atoms with Crippen LogP contribution in [0.2, 0.25) is 0 Å². The van der Waals surface area contributed by atoms with Gasteiger partial charge in [-0.2, -0.15) is 0 Å². The van der Waals surface area contributed by atoms with Gasteiger partial charge in [0.05, 0.1) is 11.7 Å². The first-order valence-electron chi connectivity index (χ1n) is 5.78. The van der Waals surface area contributed by atoms with Gasteiger partial charge in [0.15, 0.2) is 0 Å². The van der Waals surface area contributed by atoms with Crippen molar-refractivity contribution in [3.8, 4) is 0 Å². The van der Waals surface area contributed by atoms with Crippen molar-refractivity contribution < 1.29 is 0 Å². The lowest BCUT2D eigenvalue weighted by atomic mass is 10.0. The number of nitrogen functional groups attached to an aromatic ring is 1. The Morgan fingerprint density at radius 2 is 2.17 bits per heavy atom. The van der Waals surface area contributed by atoms with E-state index in [1.54, 1.807) is 24.7 Å². The molecule has 0 aliphatic heterocycles. The van der Waals surface area contributed by atoms with Crippen LogP contribution >= 0.6 is 0 Å². The van der Waals surface area contributed by atoms with E-state index < -0.39 is 0 Å². The second-order valence-electron chi connectivity index (χ2n) is 4.20. The molecule has 2 heterocycles. The Labute approximate surface area is 106 Å². The highest BCUT2D eigenvalue weighted by atomic mass is 15.2. The van der Waals surface area contributed by atoms with E-state index in [9.17, 15) is 0 Å². The third-order valence-corrected chi connectivity index (χ3v) is 2.95. The Kier molecular flexibility index (Phi) is 3.86. The van der Waals surface area contributed by atoms with E-state index in [2.05, 4.69) is 15.4 Å². The highest BCUT2D eigenvalue weighted by molar-refractivity contribution is 5.45. The number of aromatic nitrogens is 2. The van der Waals surface area contributed by atoms with E-state index >= 15 is 0 Å². The molecule has 1 atom stereocenters. The van der Waals surface area contributed by atoms with Gasteiger partial charge in [-0.3, -0.25) is 21.2 Å². The summed E-state index contributed by atoms with van der Waals surface area (Å²) in [5, 5.41) is 0. The molecular weight excluding hydrogens is 226 g/mol. The zero-order valence-corrected chi connectivity index (χ0v) is 10.3. The van der Waals surface area contributed by atoms with E-state index in [1.165, 1.54) is 0 Å². The minimum atomic E-state index is -0.0716. The summed E-state index contributed by atoms with van der Waals surface area (Å²) >= 11 is 0. The molecule has 0 radical (unpaired) electrons. The first-order valence-corrected chi connectivity index (χ1v) is 5.78. The Bertz CT molecular complexity index is 526. The topological polar surface area (TPSA) is 89.8 Å². The highest BCUT2D eigenvalue weighted by Crippen LogP contribution is 2.21. The average Bonchev–Trinajstić information content (AvgIpc) is 2.39. The third-order valence-electron chi connectivity index (χ3n) is 2.95. The fraction of sp³-hybridized carbons (Fsp3) is 0.231. The number of aryl methyl sites for hydroxylation is 1. The molecule has 0 aliphatic rings. The summed E-state index contributed by atoms with van der Waals surface area (Å²) < 4.78 is 0. The zero-order chi connectivity index (χ0) is 13.0. The summed E-state index contributed by atoms with van der Waals surface area (Å²) in [4.78, 5) is 8.45. The van der Waals surface area contributed by atoms with E-state index in [0.29, 0.717) is 6.42 Å². The third kappa shape index (κ3) is 2.64. The molecule has 5 heteroatoms.